The fraction of sp³-hybridized carbons (Fsp3) is 0.235. The molecular formula is C34H36N4O5. The number of aromatic nitrogens is 2. The fourth-order valence-corrected chi connectivity index (χ4v) is 4.85. The van der Waals surface area contributed by atoms with Crippen molar-refractivity contribution in [3.8, 4) is 0 Å². The molecule has 3 aromatic carbocycles. The van der Waals surface area contributed by atoms with Gasteiger partial charge in [-0.2, -0.15) is 0 Å². The SMILES string of the molecule is O=C(CCn1c(CN2CCN(CC=Cc3ccccc3)CC2)nc2ccccc21)c1ccccc1.O=C(O)C=CC(=O)O. The van der Waals surface area contributed by atoms with E-state index in [1.165, 1.54) is 5.56 Å². The molecule has 5 rings (SSSR count). The number of rotatable bonds is 11. The average Bonchev–Trinajstić information content (AvgIpc) is 3.37. The Morgan fingerprint density at radius 2 is 1.33 bits per heavy atom. The number of carbonyl (C=O) groups is 3. The van der Waals surface area contributed by atoms with E-state index in [0.29, 0.717) is 25.1 Å². The maximum absolute atomic E-state index is 12.7. The first-order valence-electron chi connectivity index (χ1n) is 14.2. The highest BCUT2D eigenvalue weighted by Crippen LogP contribution is 2.19. The van der Waals surface area contributed by atoms with E-state index in [1.54, 1.807) is 0 Å². The number of carboxylic acids is 2. The van der Waals surface area contributed by atoms with E-state index in [4.69, 9.17) is 15.2 Å². The highest BCUT2D eigenvalue weighted by molar-refractivity contribution is 5.96. The molecule has 4 aromatic rings. The number of benzene rings is 3. The number of carbonyl (C=O) groups excluding carboxylic acids is 1. The second-order valence-electron chi connectivity index (χ2n) is 10.1. The van der Waals surface area contributed by atoms with Gasteiger partial charge in [-0.15, -0.1) is 0 Å². The molecule has 0 spiro atoms. The number of piperazine rings is 1. The summed E-state index contributed by atoms with van der Waals surface area (Å²) in [5.41, 5.74) is 4.12. The lowest BCUT2D eigenvalue weighted by Crippen LogP contribution is -2.46. The molecule has 43 heavy (non-hydrogen) atoms. The lowest BCUT2D eigenvalue weighted by Gasteiger charge is -2.34. The summed E-state index contributed by atoms with van der Waals surface area (Å²) in [6.07, 6.45) is 6.04. The number of para-hydroxylation sites is 2. The molecule has 2 heterocycles. The molecule has 9 heteroatoms. The van der Waals surface area contributed by atoms with Crippen molar-refractivity contribution < 1.29 is 24.6 Å². The lowest BCUT2D eigenvalue weighted by atomic mass is 10.1. The molecule has 0 saturated carbocycles. The van der Waals surface area contributed by atoms with Crippen LogP contribution in [-0.2, 0) is 22.7 Å². The minimum atomic E-state index is -1.26. The summed E-state index contributed by atoms with van der Waals surface area (Å²) in [7, 11) is 0. The maximum Gasteiger partial charge on any atom is 0.328 e. The van der Waals surface area contributed by atoms with Gasteiger partial charge in [0.15, 0.2) is 5.78 Å². The van der Waals surface area contributed by atoms with Crippen molar-refractivity contribution in [2.75, 3.05) is 32.7 Å². The van der Waals surface area contributed by atoms with E-state index >= 15 is 0 Å². The molecule has 0 bridgehead atoms. The van der Waals surface area contributed by atoms with Gasteiger partial charge in [-0.1, -0.05) is 84.9 Å². The van der Waals surface area contributed by atoms with Crippen molar-refractivity contribution in [3.63, 3.8) is 0 Å². The van der Waals surface area contributed by atoms with Crippen molar-refractivity contribution >= 4 is 34.8 Å². The second kappa shape index (κ2) is 16.0. The summed E-state index contributed by atoms with van der Waals surface area (Å²) in [5, 5.41) is 15.6. The third-order valence-electron chi connectivity index (χ3n) is 7.06. The van der Waals surface area contributed by atoms with Gasteiger partial charge in [-0.3, -0.25) is 14.6 Å². The lowest BCUT2D eigenvalue weighted by molar-refractivity contribution is -0.134. The summed E-state index contributed by atoms with van der Waals surface area (Å²) in [6.45, 7) is 6.56. The Bertz CT molecular complexity index is 1540. The Morgan fingerprint density at radius 1 is 0.744 bits per heavy atom. The van der Waals surface area contributed by atoms with Crippen LogP contribution in [0, 0.1) is 0 Å². The predicted octanol–water partition coefficient (Wildman–Crippen LogP) is 4.85. The van der Waals surface area contributed by atoms with Gasteiger partial charge < -0.3 is 14.8 Å². The van der Waals surface area contributed by atoms with Gasteiger partial charge in [-0.05, 0) is 17.7 Å². The number of imidazole rings is 1. The van der Waals surface area contributed by atoms with E-state index in [-0.39, 0.29) is 5.78 Å². The van der Waals surface area contributed by atoms with Crippen LogP contribution in [0.25, 0.3) is 17.1 Å². The van der Waals surface area contributed by atoms with E-state index < -0.39 is 11.9 Å². The van der Waals surface area contributed by atoms with Crippen molar-refractivity contribution in [2.24, 2.45) is 0 Å². The topological polar surface area (TPSA) is 116 Å². The van der Waals surface area contributed by atoms with E-state index in [2.05, 4.69) is 62.9 Å². The second-order valence-corrected chi connectivity index (χ2v) is 10.1. The number of ketones is 1. The molecule has 1 fully saturated rings. The van der Waals surface area contributed by atoms with Gasteiger partial charge in [-0.25, -0.2) is 14.6 Å². The molecular weight excluding hydrogens is 544 g/mol. The minimum Gasteiger partial charge on any atom is -0.478 e. The monoisotopic (exact) mass is 580 g/mol. The number of hydrogen-bond donors (Lipinski definition) is 2. The van der Waals surface area contributed by atoms with E-state index in [9.17, 15) is 14.4 Å². The molecule has 0 unspecified atom stereocenters. The number of aliphatic carboxylic acids is 2. The van der Waals surface area contributed by atoms with Crippen LogP contribution in [0.1, 0.15) is 28.2 Å². The zero-order valence-corrected chi connectivity index (χ0v) is 24.0. The molecule has 1 aliphatic rings. The Morgan fingerprint density at radius 3 is 1.98 bits per heavy atom. The maximum atomic E-state index is 12.7. The number of carboxylic acid groups (broad SMARTS) is 2. The zero-order valence-electron chi connectivity index (χ0n) is 24.0. The third kappa shape index (κ3) is 9.88. The van der Waals surface area contributed by atoms with Gasteiger partial charge in [0.1, 0.15) is 5.82 Å². The molecule has 1 saturated heterocycles. The smallest absolute Gasteiger partial charge is 0.328 e. The standard InChI is InChI=1S/C30H32N4O.C4H4O4/c35-29(26-13-5-2-6-14-26)17-19-34-28-16-8-7-15-27(28)31-30(34)24-33-22-20-32(21-23-33)18-9-12-25-10-3-1-4-11-25;5-3(6)1-2-4(7)8/h1-16H,17-24H2;1-2H,(H,5,6)(H,7,8). The Kier molecular flexibility index (Phi) is 11.5. The molecule has 2 N–H and O–H groups in total. The Labute approximate surface area is 251 Å². The first kappa shape index (κ1) is 31.1. The van der Waals surface area contributed by atoms with Gasteiger partial charge in [0.25, 0.3) is 0 Å². The quantitative estimate of drug-likeness (QED) is 0.191. The van der Waals surface area contributed by atoms with Crippen LogP contribution in [0.2, 0.25) is 0 Å². The Hall–Kier alpha value is -4.86. The van der Waals surface area contributed by atoms with Crippen LogP contribution in [0.4, 0.5) is 0 Å². The van der Waals surface area contributed by atoms with Crippen LogP contribution in [0.15, 0.2) is 103 Å². The number of hydrogen-bond acceptors (Lipinski definition) is 6. The molecule has 0 radical (unpaired) electrons. The van der Waals surface area contributed by atoms with Gasteiger partial charge in [0, 0.05) is 63.4 Å². The van der Waals surface area contributed by atoms with Gasteiger partial charge in [0.2, 0.25) is 0 Å². The van der Waals surface area contributed by atoms with Crippen LogP contribution in [0.5, 0.6) is 0 Å². The van der Waals surface area contributed by atoms with Gasteiger partial charge in [0.05, 0.1) is 17.6 Å². The van der Waals surface area contributed by atoms with E-state index in [0.717, 1.165) is 61.7 Å². The first-order chi connectivity index (χ1) is 20.9. The molecule has 0 atom stereocenters. The number of fused-ring (bicyclic) bond motifs is 1. The zero-order chi connectivity index (χ0) is 30.4. The first-order valence-corrected chi connectivity index (χ1v) is 14.2. The Balaban J connectivity index is 0.000000467. The van der Waals surface area contributed by atoms with Crippen LogP contribution in [0.3, 0.4) is 0 Å². The molecule has 9 nitrogen and oxygen atoms in total. The van der Waals surface area contributed by atoms with Crippen molar-refractivity contribution in [1.29, 1.82) is 0 Å². The largest absolute Gasteiger partial charge is 0.478 e. The summed E-state index contributed by atoms with van der Waals surface area (Å²) in [6, 6.07) is 28.3. The summed E-state index contributed by atoms with van der Waals surface area (Å²) in [4.78, 5) is 41.8. The van der Waals surface area contributed by atoms with Crippen LogP contribution >= 0.6 is 0 Å². The highest BCUT2D eigenvalue weighted by Gasteiger charge is 2.20. The molecule has 0 aliphatic carbocycles. The van der Waals surface area contributed by atoms with Crippen molar-refractivity contribution in [1.82, 2.24) is 19.4 Å². The molecule has 222 valence electrons. The minimum absolute atomic E-state index is 0.173. The average molecular weight is 581 g/mol. The predicted molar refractivity (Wildman–Crippen MR) is 167 cm³/mol. The molecule has 1 aromatic heterocycles. The molecule has 0 amide bonds. The molecule has 1 aliphatic heterocycles. The summed E-state index contributed by atoms with van der Waals surface area (Å²) < 4.78 is 2.24. The van der Waals surface area contributed by atoms with Gasteiger partial charge >= 0.3 is 11.9 Å². The fourth-order valence-electron chi connectivity index (χ4n) is 4.85. The van der Waals surface area contributed by atoms with Crippen molar-refractivity contribution in [2.45, 2.75) is 19.5 Å². The summed E-state index contributed by atoms with van der Waals surface area (Å²) >= 11 is 0. The number of aryl methyl sites for hydroxylation is 1. The van der Waals surface area contributed by atoms with Crippen LogP contribution in [-0.4, -0.2) is 80.0 Å². The van der Waals surface area contributed by atoms with Crippen LogP contribution < -0.4 is 0 Å². The van der Waals surface area contributed by atoms with Crippen molar-refractivity contribution in [3.05, 3.63) is 120 Å². The number of nitrogens with zero attached hydrogens (tertiary/aromatic N) is 4. The third-order valence-corrected chi connectivity index (χ3v) is 7.06. The summed E-state index contributed by atoms with van der Waals surface area (Å²) in [5.74, 6) is -1.30. The normalized spacial score (nSPS) is 14.1. The number of Topliss-reactive ketones (excluding diaryl/α,β-unsaturated/α-hetero) is 1. The van der Waals surface area contributed by atoms with E-state index in [1.807, 2.05) is 48.5 Å². The highest BCUT2D eigenvalue weighted by atomic mass is 16.4.